The van der Waals surface area contributed by atoms with E-state index in [2.05, 4.69) is 10.3 Å². The molecule has 0 aromatic heterocycles. The summed E-state index contributed by atoms with van der Waals surface area (Å²) in [7, 11) is 1.44. The van der Waals surface area contributed by atoms with E-state index in [9.17, 15) is 0 Å². The van der Waals surface area contributed by atoms with Crippen molar-refractivity contribution >= 4 is 23.1 Å². The molecule has 2 aromatic rings. The standard InChI is InChI=1S/C19H22ClN3O3/c1-14-7-3-6-10-17(14)25-13-15-8-4-5-9-16(15)18(22-24-2)19(21)23-26-12-11-20/h3-10H,11-13H2,1-2H3,(H2,21,23)/b22-18+. The van der Waals surface area contributed by atoms with Gasteiger partial charge in [-0.15, -0.1) is 11.6 Å². The Morgan fingerprint density at radius 1 is 1.08 bits per heavy atom. The zero-order chi connectivity index (χ0) is 18.8. The first-order valence-electron chi connectivity index (χ1n) is 8.07. The molecule has 26 heavy (non-hydrogen) atoms. The lowest BCUT2D eigenvalue weighted by atomic mass is 10.0. The normalized spacial score (nSPS) is 12.0. The van der Waals surface area contributed by atoms with E-state index in [-0.39, 0.29) is 12.4 Å². The monoisotopic (exact) mass is 375 g/mol. The predicted octanol–water partition coefficient (Wildman–Crippen LogP) is 3.45. The Hall–Kier alpha value is -2.73. The zero-order valence-electron chi connectivity index (χ0n) is 14.8. The number of amidine groups is 1. The van der Waals surface area contributed by atoms with Crippen LogP contribution in [0.25, 0.3) is 0 Å². The summed E-state index contributed by atoms with van der Waals surface area (Å²) in [5, 5.41) is 7.84. The van der Waals surface area contributed by atoms with E-state index in [1.165, 1.54) is 7.11 Å². The van der Waals surface area contributed by atoms with Crippen molar-refractivity contribution in [3.05, 3.63) is 65.2 Å². The van der Waals surface area contributed by atoms with Gasteiger partial charge in [0.1, 0.15) is 26.1 Å². The van der Waals surface area contributed by atoms with E-state index in [0.29, 0.717) is 18.2 Å². The molecule has 0 saturated heterocycles. The van der Waals surface area contributed by atoms with E-state index in [0.717, 1.165) is 22.4 Å². The molecule has 138 valence electrons. The Bertz CT molecular complexity index is 778. The first kappa shape index (κ1) is 19.6. The van der Waals surface area contributed by atoms with Crippen molar-refractivity contribution in [3.63, 3.8) is 0 Å². The largest absolute Gasteiger partial charge is 0.489 e. The van der Waals surface area contributed by atoms with Crippen molar-refractivity contribution in [3.8, 4) is 5.75 Å². The fourth-order valence-electron chi connectivity index (χ4n) is 2.27. The van der Waals surface area contributed by atoms with Crippen LogP contribution < -0.4 is 10.5 Å². The Labute approximate surface area is 158 Å². The van der Waals surface area contributed by atoms with Crippen molar-refractivity contribution in [1.82, 2.24) is 0 Å². The van der Waals surface area contributed by atoms with Gasteiger partial charge in [-0.3, -0.25) is 0 Å². The molecule has 2 N–H and O–H groups in total. The van der Waals surface area contributed by atoms with Gasteiger partial charge in [-0.05, 0) is 24.1 Å². The molecule has 0 saturated carbocycles. The number of hydrogen-bond donors (Lipinski definition) is 1. The smallest absolute Gasteiger partial charge is 0.193 e. The third-order valence-electron chi connectivity index (χ3n) is 3.51. The number of oxime groups is 2. The van der Waals surface area contributed by atoms with Crippen LogP contribution >= 0.6 is 11.6 Å². The lowest BCUT2D eigenvalue weighted by molar-refractivity contribution is 0.160. The molecule has 6 nitrogen and oxygen atoms in total. The third kappa shape index (κ3) is 5.39. The lowest BCUT2D eigenvalue weighted by Gasteiger charge is -2.13. The molecule has 2 aromatic carbocycles. The maximum Gasteiger partial charge on any atom is 0.193 e. The molecule has 0 atom stereocenters. The Morgan fingerprint density at radius 3 is 2.54 bits per heavy atom. The number of hydrogen-bond acceptors (Lipinski definition) is 5. The van der Waals surface area contributed by atoms with Gasteiger partial charge in [0.15, 0.2) is 11.5 Å². The van der Waals surface area contributed by atoms with Crippen molar-refractivity contribution in [2.24, 2.45) is 16.0 Å². The highest BCUT2D eigenvalue weighted by Gasteiger charge is 2.15. The number of rotatable bonds is 9. The molecule has 0 bridgehead atoms. The minimum Gasteiger partial charge on any atom is -0.489 e. The zero-order valence-corrected chi connectivity index (χ0v) is 15.6. The van der Waals surface area contributed by atoms with Crippen LogP contribution in [0.5, 0.6) is 5.75 Å². The van der Waals surface area contributed by atoms with Crippen molar-refractivity contribution in [1.29, 1.82) is 0 Å². The molecular formula is C19H22ClN3O3. The van der Waals surface area contributed by atoms with E-state index >= 15 is 0 Å². The van der Waals surface area contributed by atoms with E-state index in [1.54, 1.807) is 0 Å². The maximum atomic E-state index is 6.01. The first-order chi connectivity index (χ1) is 12.7. The van der Waals surface area contributed by atoms with Gasteiger partial charge in [-0.1, -0.05) is 52.8 Å². The van der Waals surface area contributed by atoms with Gasteiger partial charge in [-0.2, -0.15) is 0 Å². The topological polar surface area (TPSA) is 78.4 Å². The van der Waals surface area contributed by atoms with Crippen molar-refractivity contribution < 1.29 is 14.4 Å². The molecule has 0 aliphatic rings. The Kier molecular flexibility index (Phi) is 7.76. The number of aryl methyl sites for hydroxylation is 1. The molecule has 0 aliphatic heterocycles. The molecule has 0 amide bonds. The van der Waals surface area contributed by atoms with Crippen LogP contribution in [0, 0.1) is 6.92 Å². The molecule has 0 unspecified atom stereocenters. The second-order valence-electron chi connectivity index (χ2n) is 5.33. The number of para-hydroxylation sites is 1. The average molecular weight is 376 g/mol. The summed E-state index contributed by atoms with van der Waals surface area (Å²) in [6.45, 7) is 2.60. The van der Waals surface area contributed by atoms with Crippen LogP contribution in [0.1, 0.15) is 16.7 Å². The van der Waals surface area contributed by atoms with Crippen LogP contribution in [0.4, 0.5) is 0 Å². The molecule has 7 heteroatoms. The second-order valence-corrected chi connectivity index (χ2v) is 5.71. The second kappa shape index (κ2) is 10.3. The summed E-state index contributed by atoms with van der Waals surface area (Å²) < 4.78 is 5.94. The number of nitrogens with zero attached hydrogens (tertiary/aromatic N) is 2. The number of alkyl halides is 1. The highest BCUT2D eigenvalue weighted by atomic mass is 35.5. The maximum absolute atomic E-state index is 6.01. The number of ether oxygens (including phenoxy) is 1. The summed E-state index contributed by atoms with van der Waals surface area (Å²) in [4.78, 5) is 9.97. The van der Waals surface area contributed by atoms with Crippen LogP contribution in [0.15, 0.2) is 58.8 Å². The Morgan fingerprint density at radius 2 is 1.81 bits per heavy atom. The summed E-state index contributed by atoms with van der Waals surface area (Å²) >= 11 is 5.57. The number of nitrogens with two attached hydrogens (primary N) is 1. The Balaban J connectivity index is 2.26. The van der Waals surface area contributed by atoms with Crippen LogP contribution in [-0.4, -0.2) is 31.1 Å². The van der Waals surface area contributed by atoms with Gasteiger partial charge in [0.25, 0.3) is 0 Å². The molecule has 0 radical (unpaired) electrons. The van der Waals surface area contributed by atoms with E-state index in [4.69, 9.17) is 31.7 Å². The molecule has 2 rings (SSSR count). The number of benzene rings is 2. The minimum absolute atomic E-state index is 0.0975. The van der Waals surface area contributed by atoms with E-state index < -0.39 is 0 Å². The van der Waals surface area contributed by atoms with Gasteiger partial charge in [-0.25, -0.2) is 0 Å². The van der Waals surface area contributed by atoms with Crippen LogP contribution in [-0.2, 0) is 16.3 Å². The van der Waals surface area contributed by atoms with Crippen molar-refractivity contribution in [2.75, 3.05) is 19.6 Å². The van der Waals surface area contributed by atoms with Crippen LogP contribution in [0.3, 0.4) is 0 Å². The molecule has 0 heterocycles. The third-order valence-corrected chi connectivity index (χ3v) is 3.66. The average Bonchev–Trinajstić information content (AvgIpc) is 2.66. The summed E-state index contributed by atoms with van der Waals surface area (Å²) in [5.41, 5.74) is 9.08. The van der Waals surface area contributed by atoms with Crippen molar-refractivity contribution in [2.45, 2.75) is 13.5 Å². The van der Waals surface area contributed by atoms with E-state index in [1.807, 2.05) is 55.5 Å². The summed E-state index contributed by atoms with van der Waals surface area (Å²) in [6.07, 6.45) is 0. The minimum atomic E-state index is 0.0975. The van der Waals surface area contributed by atoms with Crippen LogP contribution in [0.2, 0.25) is 0 Å². The summed E-state index contributed by atoms with van der Waals surface area (Å²) in [6, 6.07) is 15.4. The van der Waals surface area contributed by atoms with Gasteiger partial charge in [0.2, 0.25) is 0 Å². The lowest BCUT2D eigenvalue weighted by Crippen LogP contribution is -2.27. The molecular weight excluding hydrogens is 354 g/mol. The quantitative estimate of drug-likeness (QED) is 0.239. The van der Waals surface area contributed by atoms with Gasteiger partial charge in [0, 0.05) is 5.56 Å². The van der Waals surface area contributed by atoms with Gasteiger partial charge >= 0.3 is 0 Å². The summed E-state index contributed by atoms with van der Waals surface area (Å²) in [5.74, 6) is 1.23. The van der Waals surface area contributed by atoms with Gasteiger partial charge in [0.05, 0.1) is 5.88 Å². The molecule has 0 spiro atoms. The predicted molar refractivity (Wildman–Crippen MR) is 104 cm³/mol. The fourth-order valence-corrected chi connectivity index (χ4v) is 2.34. The molecule has 0 aliphatic carbocycles. The first-order valence-corrected chi connectivity index (χ1v) is 8.60. The van der Waals surface area contributed by atoms with Gasteiger partial charge < -0.3 is 20.1 Å². The molecule has 0 fully saturated rings. The highest BCUT2D eigenvalue weighted by Crippen LogP contribution is 2.19. The SMILES string of the molecule is CO/N=C(/C(N)=N/OCCCl)c1ccccc1COc1ccccc1C. The highest BCUT2D eigenvalue weighted by molar-refractivity contribution is 6.47. The number of halogens is 1. The fraction of sp³-hybridized carbons (Fsp3) is 0.263.